The van der Waals surface area contributed by atoms with E-state index in [0.717, 1.165) is 6.42 Å². The molecule has 4 aromatic rings. The summed E-state index contributed by atoms with van der Waals surface area (Å²) in [5, 5.41) is 3.12. The zero-order chi connectivity index (χ0) is 20.2. The van der Waals surface area contributed by atoms with Gasteiger partial charge in [0.15, 0.2) is 12.4 Å². The Balaban J connectivity index is 1.59. The van der Waals surface area contributed by atoms with Crippen molar-refractivity contribution in [2.24, 2.45) is 0 Å². The van der Waals surface area contributed by atoms with Crippen LogP contribution in [0.5, 0.6) is 5.75 Å². The fourth-order valence-electron chi connectivity index (χ4n) is 2.98. The van der Waals surface area contributed by atoms with Gasteiger partial charge < -0.3 is 18.9 Å². The molecule has 2 aromatic carbocycles. The second kappa shape index (κ2) is 8.06. The Morgan fingerprint density at radius 3 is 2.55 bits per heavy atom. The molecule has 0 aliphatic heterocycles. The van der Waals surface area contributed by atoms with Crippen LogP contribution in [0, 0.1) is 0 Å². The second-order valence-corrected chi connectivity index (χ2v) is 6.45. The highest BCUT2D eigenvalue weighted by atomic mass is 16.5. The average molecular weight is 389 g/mol. The zero-order valence-electron chi connectivity index (χ0n) is 15.8. The van der Waals surface area contributed by atoms with E-state index in [1.807, 2.05) is 24.3 Å². The molecule has 29 heavy (non-hydrogen) atoms. The van der Waals surface area contributed by atoms with Crippen LogP contribution in [-0.2, 0) is 11.2 Å². The lowest BCUT2D eigenvalue weighted by Crippen LogP contribution is -2.22. The van der Waals surface area contributed by atoms with Gasteiger partial charge >= 0.3 is 0 Å². The summed E-state index contributed by atoms with van der Waals surface area (Å²) in [5.41, 5.74) is 1.89. The van der Waals surface area contributed by atoms with Crippen molar-refractivity contribution in [1.29, 1.82) is 0 Å². The van der Waals surface area contributed by atoms with E-state index in [2.05, 4.69) is 12.2 Å². The Bertz CT molecular complexity index is 1190. The normalized spacial score (nSPS) is 10.8. The van der Waals surface area contributed by atoms with Gasteiger partial charge in [0, 0.05) is 5.69 Å². The number of rotatable bonds is 6. The third-order valence-corrected chi connectivity index (χ3v) is 4.49. The van der Waals surface area contributed by atoms with Gasteiger partial charge in [-0.1, -0.05) is 31.2 Å². The minimum absolute atomic E-state index is 0.0601. The van der Waals surface area contributed by atoms with Crippen LogP contribution in [0.3, 0.4) is 0 Å². The number of benzene rings is 2. The lowest BCUT2D eigenvalue weighted by atomic mass is 10.1. The summed E-state index contributed by atoms with van der Waals surface area (Å²) < 4.78 is 16.8. The van der Waals surface area contributed by atoms with Crippen LogP contribution < -0.4 is 15.5 Å². The van der Waals surface area contributed by atoms with Crippen LogP contribution in [-0.4, -0.2) is 12.5 Å². The summed E-state index contributed by atoms with van der Waals surface area (Å²) in [6.45, 7) is 1.72. The molecule has 0 spiro atoms. The smallest absolute Gasteiger partial charge is 0.262 e. The fourth-order valence-corrected chi connectivity index (χ4v) is 2.98. The van der Waals surface area contributed by atoms with E-state index in [1.165, 1.54) is 11.8 Å². The maximum absolute atomic E-state index is 12.9. The number of nitrogens with one attached hydrogen (secondary N) is 1. The van der Waals surface area contributed by atoms with Crippen molar-refractivity contribution in [3.63, 3.8) is 0 Å². The summed E-state index contributed by atoms with van der Waals surface area (Å²) in [7, 11) is 0. The number of carbonyl (C=O) groups is 1. The van der Waals surface area contributed by atoms with E-state index in [9.17, 15) is 9.59 Å². The molecule has 4 rings (SSSR count). The number of carbonyl (C=O) groups excluding carboxylic acids is 1. The predicted molar refractivity (Wildman–Crippen MR) is 110 cm³/mol. The number of hydrogen-bond acceptors (Lipinski definition) is 5. The molecule has 2 aromatic heterocycles. The SMILES string of the molecule is CCc1ccc(NC(=O)COc2c(-c3ccco3)oc3ccccc3c2=O)cc1. The minimum atomic E-state index is -0.382. The zero-order valence-corrected chi connectivity index (χ0v) is 15.8. The molecule has 6 heteroatoms. The Morgan fingerprint density at radius 1 is 1.03 bits per heavy atom. The van der Waals surface area contributed by atoms with Crippen molar-refractivity contribution in [2.45, 2.75) is 13.3 Å². The number of ether oxygens (including phenoxy) is 1. The highest BCUT2D eigenvalue weighted by Gasteiger charge is 2.20. The molecule has 0 atom stereocenters. The number of aryl methyl sites for hydroxylation is 1. The number of para-hydroxylation sites is 1. The molecule has 0 saturated carbocycles. The van der Waals surface area contributed by atoms with Crippen molar-refractivity contribution in [2.75, 3.05) is 11.9 Å². The van der Waals surface area contributed by atoms with E-state index in [-0.39, 0.29) is 29.5 Å². The molecule has 2 heterocycles. The predicted octanol–water partition coefficient (Wildman–Crippen LogP) is 4.63. The van der Waals surface area contributed by atoms with Gasteiger partial charge in [-0.2, -0.15) is 0 Å². The molecule has 6 nitrogen and oxygen atoms in total. The number of amides is 1. The second-order valence-electron chi connectivity index (χ2n) is 6.45. The van der Waals surface area contributed by atoms with Gasteiger partial charge in [0.25, 0.3) is 5.91 Å². The first kappa shape index (κ1) is 18.6. The molecule has 146 valence electrons. The van der Waals surface area contributed by atoms with Crippen LogP contribution in [0.15, 0.2) is 80.6 Å². The molecule has 0 saturated heterocycles. The van der Waals surface area contributed by atoms with Crippen LogP contribution in [0.1, 0.15) is 12.5 Å². The molecule has 0 unspecified atom stereocenters. The Hall–Kier alpha value is -3.80. The van der Waals surface area contributed by atoms with Gasteiger partial charge in [0.05, 0.1) is 11.6 Å². The Labute approximate surface area is 166 Å². The van der Waals surface area contributed by atoms with Crippen molar-refractivity contribution in [3.8, 4) is 17.3 Å². The van der Waals surface area contributed by atoms with Gasteiger partial charge in [-0.3, -0.25) is 9.59 Å². The topological polar surface area (TPSA) is 81.7 Å². The van der Waals surface area contributed by atoms with E-state index in [0.29, 0.717) is 22.4 Å². The monoisotopic (exact) mass is 389 g/mol. The molecule has 1 amide bonds. The first-order chi connectivity index (χ1) is 14.2. The number of furan rings is 1. The van der Waals surface area contributed by atoms with Gasteiger partial charge in [0.2, 0.25) is 16.9 Å². The summed E-state index contributed by atoms with van der Waals surface area (Å²) in [5.74, 6) is 0.0551. The average Bonchev–Trinajstić information content (AvgIpc) is 3.28. The van der Waals surface area contributed by atoms with Crippen molar-refractivity contribution in [1.82, 2.24) is 0 Å². The molecule has 0 radical (unpaired) electrons. The maximum atomic E-state index is 12.9. The Morgan fingerprint density at radius 2 is 1.83 bits per heavy atom. The third-order valence-electron chi connectivity index (χ3n) is 4.49. The Kier molecular flexibility index (Phi) is 5.16. The van der Waals surface area contributed by atoms with Crippen LogP contribution in [0.2, 0.25) is 0 Å². The highest BCUT2D eigenvalue weighted by Crippen LogP contribution is 2.31. The van der Waals surface area contributed by atoms with Gasteiger partial charge in [-0.05, 0) is 48.4 Å². The quantitative estimate of drug-likeness (QED) is 0.520. The molecular formula is C23H19NO5. The minimum Gasteiger partial charge on any atom is -0.476 e. The van der Waals surface area contributed by atoms with E-state index < -0.39 is 0 Å². The molecule has 0 bridgehead atoms. The van der Waals surface area contributed by atoms with E-state index in [1.54, 1.807) is 36.4 Å². The van der Waals surface area contributed by atoms with Crippen molar-refractivity contribution in [3.05, 3.63) is 82.7 Å². The first-order valence-corrected chi connectivity index (χ1v) is 9.27. The van der Waals surface area contributed by atoms with E-state index >= 15 is 0 Å². The standard InChI is InChI=1S/C23H19NO5/c1-2-15-9-11-16(12-10-15)24-20(25)14-28-23-21(26)17-6-3-4-7-18(17)29-22(23)19-8-5-13-27-19/h3-13H,2,14H2,1H3,(H,24,25). The molecule has 1 N–H and O–H groups in total. The number of fused-ring (bicyclic) bond motifs is 1. The maximum Gasteiger partial charge on any atom is 0.262 e. The highest BCUT2D eigenvalue weighted by molar-refractivity contribution is 5.92. The number of anilines is 1. The lowest BCUT2D eigenvalue weighted by molar-refractivity contribution is -0.118. The van der Waals surface area contributed by atoms with Crippen molar-refractivity contribution >= 4 is 22.6 Å². The number of hydrogen-bond donors (Lipinski definition) is 1. The van der Waals surface area contributed by atoms with Gasteiger partial charge in [-0.15, -0.1) is 0 Å². The van der Waals surface area contributed by atoms with Crippen LogP contribution in [0.25, 0.3) is 22.5 Å². The summed E-state index contributed by atoms with van der Waals surface area (Å²) in [6.07, 6.45) is 2.39. The van der Waals surface area contributed by atoms with Crippen molar-refractivity contribution < 1.29 is 18.4 Å². The van der Waals surface area contributed by atoms with Crippen LogP contribution >= 0.6 is 0 Å². The van der Waals surface area contributed by atoms with Gasteiger partial charge in [0.1, 0.15) is 5.58 Å². The van der Waals surface area contributed by atoms with E-state index in [4.69, 9.17) is 13.6 Å². The lowest BCUT2D eigenvalue weighted by Gasteiger charge is -2.11. The molecule has 0 fully saturated rings. The fraction of sp³-hybridized carbons (Fsp3) is 0.130. The summed E-state index contributed by atoms with van der Waals surface area (Å²) in [6, 6.07) is 17.8. The molecule has 0 aliphatic carbocycles. The first-order valence-electron chi connectivity index (χ1n) is 9.27. The van der Waals surface area contributed by atoms with Crippen LogP contribution in [0.4, 0.5) is 5.69 Å². The largest absolute Gasteiger partial charge is 0.476 e. The molecule has 0 aliphatic rings. The van der Waals surface area contributed by atoms with Gasteiger partial charge in [-0.25, -0.2) is 0 Å². The summed E-state index contributed by atoms with van der Waals surface area (Å²) >= 11 is 0. The molecular weight excluding hydrogens is 370 g/mol. The third kappa shape index (κ3) is 3.91. The summed E-state index contributed by atoms with van der Waals surface area (Å²) in [4.78, 5) is 25.2.